The normalized spacial score (nSPS) is 12.3. The van der Waals surface area contributed by atoms with Crippen LogP contribution in [0.2, 0.25) is 10.2 Å². The van der Waals surface area contributed by atoms with E-state index in [1.165, 1.54) is 16.6 Å². The monoisotopic (exact) mass is 354 g/mol. The van der Waals surface area contributed by atoms with Crippen LogP contribution >= 0.6 is 23.2 Å². The number of ether oxygens (including phenoxy) is 1. The van der Waals surface area contributed by atoms with Gasteiger partial charge in [-0.3, -0.25) is 0 Å². The van der Waals surface area contributed by atoms with Crippen molar-refractivity contribution in [2.45, 2.75) is 37.6 Å². The van der Waals surface area contributed by atoms with Crippen molar-refractivity contribution in [3.05, 3.63) is 22.4 Å². The molecule has 0 fully saturated rings. The lowest BCUT2D eigenvalue weighted by atomic mass is 10.2. The summed E-state index contributed by atoms with van der Waals surface area (Å²) in [5, 5.41) is 0.204. The molecule has 120 valence electrons. The summed E-state index contributed by atoms with van der Waals surface area (Å²) in [7, 11) is -2.15. The second kappa shape index (κ2) is 8.29. The van der Waals surface area contributed by atoms with Gasteiger partial charge in [0.1, 0.15) is 10.0 Å². The number of hydrogen-bond donors (Lipinski definition) is 0. The van der Waals surface area contributed by atoms with E-state index < -0.39 is 10.0 Å². The Hall–Kier alpha value is -0.400. The minimum atomic E-state index is -3.69. The van der Waals surface area contributed by atoms with E-state index in [1.54, 1.807) is 7.11 Å². The summed E-state index contributed by atoms with van der Waals surface area (Å²) in [4.78, 5) is 3.86. The maximum Gasteiger partial charge on any atom is 0.244 e. The predicted octanol–water partition coefficient (Wildman–Crippen LogP) is 3.21. The van der Waals surface area contributed by atoms with Gasteiger partial charge >= 0.3 is 0 Å². The van der Waals surface area contributed by atoms with Crippen LogP contribution in [0.25, 0.3) is 0 Å². The van der Waals surface area contributed by atoms with Crippen molar-refractivity contribution in [2.75, 3.05) is 20.3 Å². The molecule has 1 aromatic heterocycles. The Balaban J connectivity index is 3.21. The molecule has 0 radical (unpaired) electrons. The van der Waals surface area contributed by atoms with Crippen LogP contribution in [0.4, 0.5) is 0 Å². The molecule has 0 amide bonds. The maximum absolute atomic E-state index is 12.8. The summed E-state index contributed by atoms with van der Waals surface area (Å²) in [5.74, 6) is 0. The first-order chi connectivity index (χ1) is 9.88. The third-order valence-electron chi connectivity index (χ3n) is 3.24. The van der Waals surface area contributed by atoms with Crippen molar-refractivity contribution in [3.8, 4) is 0 Å². The minimum Gasteiger partial charge on any atom is -0.383 e. The van der Waals surface area contributed by atoms with Crippen LogP contribution in [-0.4, -0.2) is 44.0 Å². The molecule has 0 spiro atoms. The zero-order valence-electron chi connectivity index (χ0n) is 12.3. The van der Waals surface area contributed by atoms with E-state index in [2.05, 4.69) is 4.98 Å². The molecule has 0 aromatic carbocycles. The highest BCUT2D eigenvalue weighted by molar-refractivity contribution is 7.89. The number of nitrogens with zero attached hydrogens (tertiary/aromatic N) is 2. The summed E-state index contributed by atoms with van der Waals surface area (Å²) in [5.41, 5.74) is 0. The van der Waals surface area contributed by atoms with Crippen LogP contribution in [0.15, 0.2) is 17.2 Å². The molecule has 0 saturated carbocycles. The van der Waals surface area contributed by atoms with Crippen LogP contribution < -0.4 is 0 Å². The molecule has 1 rings (SSSR count). The maximum atomic E-state index is 12.8. The fourth-order valence-corrected chi connectivity index (χ4v) is 4.12. The molecule has 1 aromatic rings. The highest BCUT2D eigenvalue weighted by Crippen LogP contribution is 2.26. The Morgan fingerprint density at radius 2 is 1.95 bits per heavy atom. The van der Waals surface area contributed by atoms with E-state index in [0.717, 1.165) is 0 Å². The van der Waals surface area contributed by atoms with Gasteiger partial charge in [0.15, 0.2) is 0 Å². The quantitative estimate of drug-likeness (QED) is 0.672. The number of sulfonamides is 1. The van der Waals surface area contributed by atoms with Crippen molar-refractivity contribution < 1.29 is 13.2 Å². The molecule has 21 heavy (non-hydrogen) atoms. The second-order valence-corrected chi connectivity index (χ2v) is 7.18. The fourth-order valence-electron chi connectivity index (χ4n) is 2.06. The van der Waals surface area contributed by atoms with Gasteiger partial charge in [-0.2, -0.15) is 4.31 Å². The van der Waals surface area contributed by atoms with Gasteiger partial charge in [-0.15, -0.1) is 0 Å². The largest absolute Gasteiger partial charge is 0.383 e. The van der Waals surface area contributed by atoms with Crippen molar-refractivity contribution in [1.82, 2.24) is 9.29 Å². The molecular formula is C13H20Cl2N2O3S. The first-order valence-corrected chi connectivity index (χ1v) is 8.89. The molecule has 0 saturated heterocycles. The van der Waals surface area contributed by atoms with E-state index in [9.17, 15) is 8.42 Å². The number of hydrogen-bond acceptors (Lipinski definition) is 4. The predicted molar refractivity (Wildman–Crippen MR) is 84.4 cm³/mol. The van der Waals surface area contributed by atoms with Gasteiger partial charge in [0.05, 0.1) is 11.6 Å². The van der Waals surface area contributed by atoms with Crippen LogP contribution in [0, 0.1) is 0 Å². The Labute approximate surface area is 136 Å². The van der Waals surface area contributed by atoms with Crippen molar-refractivity contribution >= 4 is 33.2 Å². The summed E-state index contributed by atoms with van der Waals surface area (Å²) < 4.78 is 32.0. The molecule has 5 nitrogen and oxygen atoms in total. The Kier molecular flexibility index (Phi) is 7.36. The van der Waals surface area contributed by atoms with Crippen LogP contribution in [0.5, 0.6) is 0 Å². The standard InChI is InChI=1S/C13H20Cl2N2O3S/c1-4-10(5-2)17(6-7-20-3)21(18,19)11-8-12(14)13(15)16-9-11/h8-10H,4-7H2,1-3H3. The molecule has 0 N–H and O–H groups in total. The average molecular weight is 355 g/mol. The molecule has 8 heteroatoms. The molecule has 0 bridgehead atoms. The van der Waals surface area contributed by atoms with E-state index >= 15 is 0 Å². The third-order valence-corrected chi connectivity index (χ3v) is 5.85. The van der Waals surface area contributed by atoms with Crippen molar-refractivity contribution in [1.29, 1.82) is 0 Å². The molecule has 1 heterocycles. The van der Waals surface area contributed by atoms with Gasteiger partial charge in [-0.1, -0.05) is 37.0 Å². The van der Waals surface area contributed by atoms with Crippen molar-refractivity contribution in [3.63, 3.8) is 0 Å². The minimum absolute atomic E-state index is 0.0416. The lowest BCUT2D eigenvalue weighted by Gasteiger charge is -2.29. The number of pyridine rings is 1. The average Bonchev–Trinajstić information content (AvgIpc) is 2.46. The molecule has 0 atom stereocenters. The van der Waals surface area contributed by atoms with Crippen LogP contribution in [-0.2, 0) is 14.8 Å². The van der Waals surface area contributed by atoms with Gasteiger partial charge in [0.25, 0.3) is 0 Å². The lowest BCUT2D eigenvalue weighted by Crippen LogP contribution is -2.41. The van der Waals surface area contributed by atoms with Gasteiger partial charge in [-0.25, -0.2) is 13.4 Å². The van der Waals surface area contributed by atoms with Gasteiger partial charge < -0.3 is 4.74 Å². The van der Waals surface area contributed by atoms with E-state index in [-0.39, 0.29) is 27.7 Å². The van der Waals surface area contributed by atoms with Gasteiger partial charge in [0, 0.05) is 25.9 Å². The third kappa shape index (κ3) is 4.53. The second-order valence-electron chi connectivity index (χ2n) is 4.52. The smallest absolute Gasteiger partial charge is 0.244 e. The van der Waals surface area contributed by atoms with E-state index in [4.69, 9.17) is 27.9 Å². The fraction of sp³-hybridized carbons (Fsp3) is 0.615. The first-order valence-electron chi connectivity index (χ1n) is 6.70. The van der Waals surface area contributed by atoms with Crippen molar-refractivity contribution in [2.24, 2.45) is 0 Å². The van der Waals surface area contributed by atoms with Gasteiger partial charge in [0.2, 0.25) is 10.0 Å². The summed E-state index contributed by atoms with van der Waals surface area (Å²) in [6, 6.07) is 1.23. The SMILES string of the molecule is CCC(CC)N(CCOC)S(=O)(=O)c1cnc(Cl)c(Cl)c1. The molecular weight excluding hydrogens is 335 g/mol. The Morgan fingerprint density at radius 1 is 1.33 bits per heavy atom. The Morgan fingerprint density at radius 3 is 2.43 bits per heavy atom. The summed E-state index contributed by atoms with van der Waals surface area (Å²) in [6.45, 7) is 4.52. The number of methoxy groups -OCH3 is 1. The topological polar surface area (TPSA) is 59.5 Å². The molecule has 0 aliphatic carbocycles. The molecule has 0 unspecified atom stereocenters. The zero-order chi connectivity index (χ0) is 16.0. The van der Waals surface area contributed by atoms with Crippen LogP contribution in [0.1, 0.15) is 26.7 Å². The Bertz CT molecular complexity index is 563. The summed E-state index contributed by atoms with van der Waals surface area (Å²) in [6.07, 6.45) is 2.66. The first kappa shape index (κ1) is 18.6. The lowest BCUT2D eigenvalue weighted by molar-refractivity contribution is 0.163. The number of aromatic nitrogens is 1. The number of halogens is 2. The zero-order valence-corrected chi connectivity index (χ0v) is 14.7. The highest BCUT2D eigenvalue weighted by Gasteiger charge is 2.30. The summed E-state index contributed by atoms with van der Waals surface area (Å²) >= 11 is 11.6. The van der Waals surface area contributed by atoms with Gasteiger partial charge in [-0.05, 0) is 18.9 Å². The van der Waals surface area contributed by atoms with E-state index in [1.807, 2.05) is 13.8 Å². The number of rotatable bonds is 8. The molecule has 0 aliphatic heterocycles. The highest BCUT2D eigenvalue weighted by atomic mass is 35.5. The van der Waals surface area contributed by atoms with Crippen LogP contribution in [0.3, 0.4) is 0 Å². The van der Waals surface area contributed by atoms with E-state index in [0.29, 0.717) is 19.4 Å². The molecule has 0 aliphatic rings.